The summed E-state index contributed by atoms with van der Waals surface area (Å²) in [6.07, 6.45) is -5.71. The van der Waals surface area contributed by atoms with Crippen LogP contribution in [0.25, 0.3) is 11.3 Å². The highest BCUT2D eigenvalue weighted by molar-refractivity contribution is 7.16. The number of carbonyl (C=O) groups excluding carboxylic acids is 1. The molecule has 0 aromatic carbocycles. The molecule has 1 fully saturated rings. The molecule has 1 aliphatic rings. The van der Waals surface area contributed by atoms with Crippen LogP contribution in [0.4, 0.5) is 31.3 Å². The van der Waals surface area contributed by atoms with E-state index in [0.29, 0.717) is 17.8 Å². The molecule has 37 heavy (non-hydrogen) atoms. The molecule has 1 amide bonds. The van der Waals surface area contributed by atoms with Gasteiger partial charge in [0.2, 0.25) is 16.7 Å². The fraction of sp³-hybridized carbons (Fsp3) is 0.476. The molecule has 1 aliphatic heterocycles. The highest BCUT2D eigenvalue weighted by Crippen LogP contribution is 2.43. The molecule has 1 saturated heterocycles. The van der Waals surface area contributed by atoms with Gasteiger partial charge in [0.05, 0.1) is 18.3 Å². The number of rotatable bonds is 6. The van der Waals surface area contributed by atoms with E-state index in [-0.39, 0.29) is 48.3 Å². The number of anilines is 1. The number of amides is 1. The zero-order valence-corrected chi connectivity index (χ0v) is 20.1. The monoisotopic (exact) mass is 549 g/mol. The predicted octanol–water partition coefficient (Wildman–Crippen LogP) is 3.11. The molecular formula is C21H21F6N7O2S. The SMILES string of the molecule is CCc1ccn(CC(=O)N2CCN(c3sc(C(F)(F)F)nc3-c3cnc(C(F)(F)F)nc3)C[C@@H]2CO)n1. The van der Waals surface area contributed by atoms with Crippen molar-refractivity contribution in [2.75, 3.05) is 31.1 Å². The van der Waals surface area contributed by atoms with Gasteiger partial charge in [0.15, 0.2) is 0 Å². The molecule has 0 bridgehead atoms. The minimum absolute atomic E-state index is 0.0183. The third-order valence-electron chi connectivity index (χ3n) is 5.69. The first-order valence-corrected chi connectivity index (χ1v) is 11.9. The number of hydrogen-bond donors (Lipinski definition) is 1. The highest BCUT2D eigenvalue weighted by Gasteiger charge is 2.39. The minimum Gasteiger partial charge on any atom is -0.394 e. The molecule has 4 rings (SSSR count). The van der Waals surface area contributed by atoms with Gasteiger partial charge in [0.1, 0.15) is 17.2 Å². The zero-order valence-electron chi connectivity index (χ0n) is 19.3. The Labute approximate surface area is 210 Å². The highest BCUT2D eigenvalue weighted by atomic mass is 32.1. The first-order valence-electron chi connectivity index (χ1n) is 11.1. The van der Waals surface area contributed by atoms with Crippen LogP contribution in [0.1, 0.15) is 23.4 Å². The molecule has 3 aromatic rings. The van der Waals surface area contributed by atoms with Crippen molar-refractivity contribution in [2.45, 2.75) is 38.3 Å². The standard InChI is InChI=1S/C21H21F6N7O2S/c1-2-13-3-4-33(31-13)10-15(36)34-6-5-32(9-14(34)11-35)17-16(30-19(37-17)21(25,26)27)12-7-28-18(29-8-12)20(22,23)24/h3-4,7-8,14,35H,2,5-6,9-11H2,1H3/t14-/m1/s1. The molecule has 16 heteroatoms. The van der Waals surface area contributed by atoms with Crippen LogP contribution in [-0.4, -0.2) is 72.9 Å². The summed E-state index contributed by atoms with van der Waals surface area (Å²) in [4.78, 5) is 25.9. The summed E-state index contributed by atoms with van der Waals surface area (Å²) in [7, 11) is 0. The Morgan fingerprint density at radius 3 is 2.41 bits per heavy atom. The van der Waals surface area contributed by atoms with Crippen LogP contribution in [0.5, 0.6) is 0 Å². The van der Waals surface area contributed by atoms with Crippen LogP contribution in [0.2, 0.25) is 0 Å². The summed E-state index contributed by atoms with van der Waals surface area (Å²) >= 11 is 0.320. The Morgan fingerprint density at radius 1 is 1.14 bits per heavy atom. The van der Waals surface area contributed by atoms with E-state index in [0.717, 1.165) is 18.1 Å². The summed E-state index contributed by atoms with van der Waals surface area (Å²) in [6.45, 7) is 1.58. The van der Waals surface area contributed by atoms with Crippen LogP contribution in [0, 0.1) is 0 Å². The number of aromatic nitrogens is 5. The summed E-state index contributed by atoms with van der Waals surface area (Å²) < 4.78 is 80.4. The molecule has 9 nitrogen and oxygen atoms in total. The second kappa shape index (κ2) is 10.2. The van der Waals surface area contributed by atoms with Crippen molar-refractivity contribution in [1.29, 1.82) is 0 Å². The summed E-state index contributed by atoms with van der Waals surface area (Å²) in [6, 6.07) is 1.04. The van der Waals surface area contributed by atoms with Gasteiger partial charge in [-0.25, -0.2) is 15.0 Å². The quantitative estimate of drug-likeness (QED) is 0.472. The third kappa shape index (κ3) is 5.84. The van der Waals surface area contributed by atoms with E-state index in [2.05, 4.69) is 20.1 Å². The van der Waals surface area contributed by atoms with Crippen molar-refractivity contribution in [3.8, 4) is 11.3 Å². The topological polar surface area (TPSA) is 100 Å². The molecule has 200 valence electrons. The van der Waals surface area contributed by atoms with Gasteiger partial charge in [0, 0.05) is 43.8 Å². The number of piperazine rings is 1. The maximum Gasteiger partial charge on any atom is 0.451 e. The van der Waals surface area contributed by atoms with Gasteiger partial charge in [-0.1, -0.05) is 18.3 Å². The van der Waals surface area contributed by atoms with Gasteiger partial charge in [-0.3, -0.25) is 9.48 Å². The van der Waals surface area contributed by atoms with E-state index in [4.69, 9.17) is 0 Å². The van der Waals surface area contributed by atoms with Gasteiger partial charge in [-0.2, -0.15) is 31.4 Å². The smallest absolute Gasteiger partial charge is 0.394 e. The average Bonchev–Trinajstić information content (AvgIpc) is 3.50. The number of alkyl halides is 6. The van der Waals surface area contributed by atoms with Gasteiger partial charge in [-0.05, 0) is 12.5 Å². The van der Waals surface area contributed by atoms with Crippen molar-refractivity contribution in [3.63, 3.8) is 0 Å². The lowest BCUT2D eigenvalue weighted by atomic mass is 10.1. The van der Waals surface area contributed by atoms with E-state index in [1.807, 2.05) is 6.92 Å². The van der Waals surface area contributed by atoms with E-state index >= 15 is 0 Å². The maximum absolute atomic E-state index is 13.5. The third-order valence-corrected chi connectivity index (χ3v) is 6.85. The second-order valence-electron chi connectivity index (χ2n) is 8.19. The van der Waals surface area contributed by atoms with Gasteiger partial charge < -0.3 is 14.9 Å². The predicted molar refractivity (Wildman–Crippen MR) is 120 cm³/mol. The Kier molecular flexibility index (Phi) is 7.41. The van der Waals surface area contributed by atoms with Crippen LogP contribution in [0.15, 0.2) is 24.7 Å². The maximum atomic E-state index is 13.5. The number of thiazole rings is 1. The van der Waals surface area contributed by atoms with Crippen molar-refractivity contribution in [2.24, 2.45) is 0 Å². The lowest BCUT2D eigenvalue weighted by Gasteiger charge is -2.41. The zero-order chi connectivity index (χ0) is 27.0. The summed E-state index contributed by atoms with van der Waals surface area (Å²) in [5.74, 6) is -1.75. The van der Waals surface area contributed by atoms with E-state index in [9.17, 15) is 36.2 Å². The Bertz CT molecular complexity index is 1240. The molecule has 0 aliphatic carbocycles. The number of aliphatic hydroxyl groups is 1. The first-order chi connectivity index (χ1) is 17.4. The van der Waals surface area contributed by atoms with Crippen molar-refractivity contribution in [1.82, 2.24) is 29.6 Å². The Hall–Kier alpha value is -3.27. The summed E-state index contributed by atoms with van der Waals surface area (Å²) in [5, 5.41) is 13.1. The molecule has 0 unspecified atom stereocenters. The molecule has 1 N–H and O–H groups in total. The molecule has 1 atom stereocenters. The molecular weight excluding hydrogens is 528 g/mol. The lowest BCUT2D eigenvalue weighted by molar-refractivity contribution is -0.145. The Balaban J connectivity index is 1.58. The molecule has 4 heterocycles. The second-order valence-corrected chi connectivity index (χ2v) is 9.17. The molecule has 0 saturated carbocycles. The van der Waals surface area contributed by atoms with E-state index in [1.54, 1.807) is 12.3 Å². The van der Waals surface area contributed by atoms with Crippen molar-refractivity contribution >= 4 is 22.2 Å². The summed E-state index contributed by atoms with van der Waals surface area (Å²) in [5.41, 5.74) is 0.451. The normalized spacial score (nSPS) is 16.9. The number of halogens is 6. The number of aliphatic hydroxyl groups excluding tert-OH is 1. The van der Waals surface area contributed by atoms with Crippen molar-refractivity contribution < 1.29 is 36.2 Å². The number of hydrogen-bond acceptors (Lipinski definition) is 8. The van der Waals surface area contributed by atoms with Crippen molar-refractivity contribution in [3.05, 3.63) is 41.2 Å². The number of aryl methyl sites for hydroxylation is 1. The number of carbonyl (C=O) groups is 1. The van der Waals surface area contributed by atoms with Crippen LogP contribution < -0.4 is 4.90 Å². The van der Waals surface area contributed by atoms with Crippen LogP contribution in [-0.2, 0) is 30.1 Å². The minimum atomic E-state index is -4.81. The fourth-order valence-electron chi connectivity index (χ4n) is 3.87. The number of nitrogens with zero attached hydrogens (tertiary/aromatic N) is 7. The van der Waals surface area contributed by atoms with Gasteiger partial charge >= 0.3 is 12.4 Å². The van der Waals surface area contributed by atoms with Crippen LogP contribution >= 0.6 is 11.3 Å². The average molecular weight is 550 g/mol. The van der Waals surface area contributed by atoms with Gasteiger partial charge in [0.25, 0.3) is 0 Å². The first kappa shape index (κ1) is 26.8. The molecule has 0 radical (unpaired) electrons. The largest absolute Gasteiger partial charge is 0.451 e. The lowest BCUT2D eigenvalue weighted by Crippen LogP contribution is -2.57. The van der Waals surface area contributed by atoms with Gasteiger partial charge in [-0.15, -0.1) is 0 Å². The molecule has 3 aromatic heterocycles. The van der Waals surface area contributed by atoms with Crippen LogP contribution in [0.3, 0.4) is 0 Å². The fourth-order valence-corrected chi connectivity index (χ4v) is 4.86. The van der Waals surface area contributed by atoms with E-state index in [1.165, 1.54) is 14.5 Å². The Morgan fingerprint density at radius 2 is 1.84 bits per heavy atom. The molecule has 0 spiro atoms. The van der Waals surface area contributed by atoms with E-state index < -0.39 is 35.8 Å².